The van der Waals surface area contributed by atoms with Gasteiger partial charge in [0.25, 0.3) is 0 Å². The van der Waals surface area contributed by atoms with E-state index in [0.717, 1.165) is 25.9 Å². The highest BCUT2D eigenvalue weighted by molar-refractivity contribution is 5.42. The summed E-state index contributed by atoms with van der Waals surface area (Å²) in [5.74, 6) is -0.261. The van der Waals surface area contributed by atoms with Gasteiger partial charge in [-0.05, 0) is 49.5 Å². The molecular formula is C19H20F2N4. The lowest BCUT2D eigenvalue weighted by atomic mass is 9.75. The van der Waals surface area contributed by atoms with E-state index in [0.29, 0.717) is 24.0 Å². The first kappa shape index (κ1) is 15.2. The molecule has 25 heavy (non-hydrogen) atoms. The van der Waals surface area contributed by atoms with Gasteiger partial charge in [0.1, 0.15) is 0 Å². The normalized spacial score (nSPS) is 33.5. The number of nitrogens with zero attached hydrogens (tertiary/aromatic N) is 4. The third kappa shape index (κ3) is 2.27. The first-order valence-electron chi connectivity index (χ1n) is 8.95. The second-order valence-corrected chi connectivity index (χ2v) is 7.31. The molecule has 4 fully saturated rings. The highest BCUT2D eigenvalue weighted by atomic mass is 19.2. The molecule has 5 heterocycles. The van der Waals surface area contributed by atoms with Crippen molar-refractivity contribution in [3.63, 3.8) is 0 Å². The Morgan fingerprint density at radius 2 is 1.72 bits per heavy atom. The van der Waals surface area contributed by atoms with E-state index in [1.54, 1.807) is 30.6 Å². The molecule has 4 nitrogen and oxygen atoms in total. The predicted molar refractivity (Wildman–Crippen MR) is 90.4 cm³/mol. The summed E-state index contributed by atoms with van der Waals surface area (Å²) in [5.41, 5.74) is 0.487. The van der Waals surface area contributed by atoms with Crippen LogP contribution < -0.4 is 4.90 Å². The van der Waals surface area contributed by atoms with Crippen LogP contribution in [0.25, 0.3) is 0 Å². The van der Waals surface area contributed by atoms with Gasteiger partial charge in [-0.15, -0.1) is 0 Å². The van der Waals surface area contributed by atoms with Gasteiger partial charge in [0.05, 0.1) is 6.04 Å². The Kier molecular flexibility index (Phi) is 3.48. The Bertz CT molecular complexity index is 776. The summed E-state index contributed by atoms with van der Waals surface area (Å²) >= 11 is 0. The zero-order valence-electron chi connectivity index (χ0n) is 13.9. The van der Waals surface area contributed by atoms with Crippen molar-refractivity contribution in [3.8, 4) is 0 Å². The predicted octanol–water partition coefficient (Wildman–Crippen LogP) is 2.82. The largest absolute Gasteiger partial charge is 0.335 e. The molecule has 2 aromatic rings. The lowest BCUT2D eigenvalue weighted by molar-refractivity contribution is 0.0348. The SMILES string of the molecule is Fc1cccc([C@@H]2CN(c3ncccn3)[C@@H]3C4CCN(CC4)[C@@H]32)c1F. The molecule has 2 bridgehead atoms. The average molecular weight is 342 g/mol. The van der Waals surface area contributed by atoms with E-state index in [1.807, 2.05) is 0 Å². The first-order valence-corrected chi connectivity index (χ1v) is 8.95. The maximum absolute atomic E-state index is 14.5. The summed E-state index contributed by atoms with van der Waals surface area (Å²) in [6, 6.07) is 6.82. The van der Waals surface area contributed by atoms with E-state index >= 15 is 0 Å². The molecule has 4 saturated heterocycles. The number of hydrogen-bond donors (Lipinski definition) is 0. The molecule has 1 aromatic carbocycles. The van der Waals surface area contributed by atoms with E-state index in [9.17, 15) is 8.78 Å². The fourth-order valence-electron chi connectivity index (χ4n) is 5.17. The summed E-state index contributed by atoms with van der Waals surface area (Å²) in [5, 5.41) is 0. The number of fused-ring (bicyclic) bond motifs is 2. The molecule has 0 amide bonds. The molecule has 0 unspecified atom stereocenters. The lowest BCUT2D eigenvalue weighted by Gasteiger charge is -2.51. The highest BCUT2D eigenvalue weighted by Gasteiger charge is 2.54. The van der Waals surface area contributed by atoms with Gasteiger partial charge in [0.2, 0.25) is 5.95 Å². The van der Waals surface area contributed by atoms with Gasteiger partial charge >= 0.3 is 0 Å². The molecule has 6 rings (SSSR count). The van der Waals surface area contributed by atoms with Crippen molar-refractivity contribution in [2.75, 3.05) is 24.5 Å². The minimum Gasteiger partial charge on any atom is -0.335 e. The monoisotopic (exact) mass is 342 g/mol. The summed E-state index contributed by atoms with van der Waals surface area (Å²) in [6.07, 6.45) is 5.80. The first-order chi connectivity index (χ1) is 12.2. The van der Waals surface area contributed by atoms with Crippen LogP contribution in [0.4, 0.5) is 14.7 Å². The van der Waals surface area contributed by atoms with Crippen molar-refractivity contribution in [1.29, 1.82) is 0 Å². The number of rotatable bonds is 2. The van der Waals surface area contributed by atoms with Crippen LogP contribution in [0.1, 0.15) is 24.3 Å². The van der Waals surface area contributed by atoms with Crippen LogP contribution >= 0.6 is 0 Å². The number of halogens is 2. The lowest BCUT2D eigenvalue weighted by Crippen LogP contribution is -2.60. The quantitative estimate of drug-likeness (QED) is 0.840. The Labute approximate surface area is 145 Å². The topological polar surface area (TPSA) is 32.3 Å². The maximum Gasteiger partial charge on any atom is 0.225 e. The Morgan fingerprint density at radius 1 is 0.960 bits per heavy atom. The number of aromatic nitrogens is 2. The number of benzene rings is 1. The molecule has 4 aliphatic rings. The molecule has 0 N–H and O–H groups in total. The number of anilines is 1. The van der Waals surface area contributed by atoms with Crippen molar-refractivity contribution >= 4 is 5.95 Å². The molecule has 0 saturated carbocycles. The van der Waals surface area contributed by atoms with E-state index < -0.39 is 11.6 Å². The van der Waals surface area contributed by atoms with Crippen LogP contribution in [-0.4, -0.2) is 46.6 Å². The van der Waals surface area contributed by atoms with E-state index in [1.165, 1.54) is 6.07 Å². The molecule has 6 heteroatoms. The van der Waals surface area contributed by atoms with Gasteiger partial charge in [-0.2, -0.15) is 0 Å². The van der Waals surface area contributed by atoms with E-state index in [-0.39, 0.29) is 18.0 Å². The van der Waals surface area contributed by atoms with Crippen LogP contribution in [0.2, 0.25) is 0 Å². The van der Waals surface area contributed by atoms with Crippen molar-refractivity contribution in [1.82, 2.24) is 14.9 Å². The van der Waals surface area contributed by atoms with Gasteiger partial charge in [-0.25, -0.2) is 18.7 Å². The summed E-state index contributed by atoms with van der Waals surface area (Å²) in [7, 11) is 0. The second-order valence-electron chi connectivity index (χ2n) is 7.31. The molecule has 1 aromatic heterocycles. The van der Waals surface area contributed by atoms with Crippen LogP contribution in [0.15, 0.2) is 36.7 Å². The third-order valence-corrected chi connectivity index (χ3v) is 6.18. The minimum atomic E-state index is -0.764. The van der Waals surface area contributed by atoms with Crippen LogP contribution in [0.3, 0.4) is 0 Å². The van der Waals surface area contributed by atoms with Gasteiger partial charge in [-0.3, -0.25) is 4.90 Å². The van der Waals surface area contributed by atoms with Crippen molar-refractivity contribution < 1.29 is 8.78 Å². The Balaban J connectivity index is 1.59. The third-order valence-electron chi connectivity index (χ3n) is 6.18. The van der Waals surface area contributed by atoms with Gasteiger partial charge in [0, 0.05) is 30.9 Å². The van der Waals surface area contributed by atoms with Crippen molar-refractivity contribution in [3.05, 3.63) is 53.9 Å². The minimum absolute atomic E-state index is 0.0624. The zero-order chi connectivity index (χ0) is 17.0. The summed E-state index contributed by atoms with van der Waals surface area (Å²) in [6.45, 7) is 2.72. The highest BCUT2D eigenvalue weighted by Crippen LogP contribution is 2.47. The summed E-state index contributed by atoms with van der Waals surface area (Å²) < 4.78 is 28.4. The Morgan fingerprint density at radius 3 is 2.48 bits per heavy atom. The molecule has 0 aliphatic carbocycles. The average Bonchev–Trinajstić information content (AvgIpc) is 3.08. The van der Waals surface area contributed by atoms with Crippen molar-refractivity contribution in [2.45, 2.75) is 30.8 Å². The van der Waals surface area contributed by atoms with Crippen LogP contribution in [-0.2, 0) is 0 Å². The second kappa shape index (κ2) is 5.73. The fourth-order valence-corrected chi connectivity index (χ4v) is 5.17. The Hall–Kier alpha value is -2.08. The molecule has 4 aliphatic heterocycles. The fraction of sp³-hybridized carbons (Fsp3) is 0.474. The van der Waals surface area contributed by atoms with E-state index in [4.69, 9.17) is 0 Å². The zero-order valence-corrected chi connectivity index (χ0v) is 13.9. The summed E-state index contributed by atoms with van der Waals surface area (Å²) in [4.78, 5) is 13.6. The standard InChI is InChI=1S/C19H20F2N4/c20-15-4-1-3-13(16(15)21)14-11-25(19-22-7-2-8-23-19)17-12-5-9-24(10-6-12)18(14)17/h1-4,7-8,12,14,17-18H,5-6,9-11H2/t14-,17+,18+/m0/s1. The maximum atomic E-state index is 14.5. The van der Waals surface area contributed by atoms with E-state index in [2.05, 4.69) is 19.8 Å². The van der Waals surface area contributed by atoms with Crippen molar-refractivity contribution in [2.24, 2.45) is 5.92 Å². The molecule has 0 spiro atoms. The number of hydrogen-bond acceptors (Lipinski definition) is 4. The van der Waals surface area contributed by atoms with Gasteiger partial charge in [0.15, 0.2) is 11.6 Å². The van der Waals surface area contributed by atoms with Gasteiger partial charge < -0.3 is 4.90 Å². The van der Waals surface area contributed by atoms with Gasteiger partial charge in [-0.1, -0.05) is 12.1 Å². The molecular weight excluding hydrogens is 322 g/mol. The van der Waals surface area contributed by atoms with Crippen LogP contribution in [0, 0.1) is 17.6 Å². The smallest absolute Gasteiger partial charge is 0.225 e. The molecule has 130 valence electrons. The van der Waals surface area contributed by atoms with Crippen LogP contribution in [0.5, 0.6) is 0 Å². The molecule has 3 atom stereocenters. The molecule has 0 radical (unpaired) electrons. The number of piperidine rings is 3.